The zero-order valence-electron chi connectivity index (χ0n) is 9.24. The second-order valence-corrected chi connectivity index (χ2v) is 5.22. The SMILES string of the molecule is O=C(C1CC1)N1CCCC1C1CCCN1. The van der Waals surface area contributed by atoms with Gasteiger partial charge in [-0.15, -0.1) is 0 Å². The van der Waals surface area contributed by atoms with Crippen LogP contribution >= 0.6 is 0 Å². The molecule has 2 atom stereocenters. The molecule has 0 bridgehead atoms. The predicted octanol–water partition coefficient (Wildman–Crippen LogP) is 1.14. The number of hydrogen-bond donors (Lipinski definition) is 1. The molecule has 2 unspecified atom stereocenters. The summed E-state index contributed by atoms with van der Waals surface area (Å²) in [6.07, 6.45) is 7.25. The van der Waals surface area contributed by atoms with E-state index in [2.05, 4.69) is 10.2 Å². The van der Waals surface area contributed by atoms with Crippen LogP contribution in [0.25, 0.3) is 0 Å². The number of nitrogens with one attached hydrogen (secondary N) is 1. The maximum Gasteiger partial charge on any atom is 0.225 e. The first-order valence-corrected chi connectivity index (χ1v) is 6.40. The minimum atomic E-state index is 0.395. The van der Waals surface area contributed by atoms with Crippen LogP contribution in [-0.2, 0) is 4.79 Å². The van der Waals surface area contributed by atoms with Gasteiger partial charge in [0.15, 0.2) is 0 Å². The Hall–Kier alpha value is -0.570. The van der Waals surface area contributed by atoms with Gasteiger partial charge < -0.3 is 10.2 Å². The Morgan fingerprint density at radius 1 is 1.13 bits per heavy atom. The molecule has 1 saturated carbocycles. The molecule has 1 N–H and O–H groups in total. The highest BCUT2D eigenvalue weighted by molar-refractivity contribution is 5.81. The molecule has 3 heteroatoms. The maximum atomic E-state index is 12.1. The number of carbonyl (C=O) groups is 1. The number of amides is 1. The fourth-order valence-corrected chi connectivity index (χ4v) is 3.09. The molecule has 0 radical (unpaired) electrons. The molecule has 1 amide bonds. The summed E-state index contributed by atoms with van der Waals surface area (Å²) >= 11 is 0. The van der Waals surface area contributed by atoms with E-state index >= 15 is 0 Å². The molecule has 0 aromatic heterocycles. The van der Waals surface area contributed by atoms with Gasteiger partial charge in [0.25, 0.3) is 0 Å². The molecule has 3 nitrogen and oxygen atoms in total. The van der Waals surface area contributed by atoms with Gasteiger partial charge in [-0.05, 0) is 45.1 Å². The highest BCUT2D eigenvalue weighted by Gasteiger charge is 2.41. The molecule has 3 aliphatic rings. The lowest BCUT2D eigenvalue weighted by molar-refractivity contribution is -0.133. The summed E-state index contributed by atoms with van der Waals surface area (Å²) in [6, 6.07) is 1.11. The first-order valence-electron chi connectivity index (χ1n) is 6.40. The first kappa shape index (κ1) is 9.64. The summed E-state index contributed by atoms with van der Waals surface area (Å²) < 4.78 is 0. The van der Waals surface area contributed by atoms with Crippen LogP contribution in [-0.4, -0.2) is 36.0 Å². The quantitative estimate of drug-likeness (QED) is 0.738. The predicted molar refractivity (Wildman–Crippen MR) is 58.5 cm³/mol. The molecule has 15 heavy (non-hydrogen) atoms. The van der Waals surface area contributed by atoms with Crippen molar-refractivity contribution in [1.82, 2.24) is 10.2 Å². The van der Waals surface area contributed by atoms with Crippen molar-refractivity contribution < 1.29 is 4.79 Å². The molecular formula is C12H20N2O. The highest BCUT2D eigenvalue weighted by Crippen LogP contribution is 2.35. The van der Waals surface area contributed by atoms with Crippen molar-refractivity contribution in [3.63, 3.8) is 0 Å². The summed E-state index contributed by atoms with van der Waals surface area (Å²) in [4.78, 5) is 14.3. The van der Waals surface area contributed by atoms with Gasteiger partial charge >= 0.3 is 0 Å². The van der Waals surface area contributed by atoms with Gasteiger partial charge in [-0.1, -0.05) is 0 Å². The van der Waals surface area contributed by atoms with Crippen LogP contribution in [0.5, 0.6) is 0 Å². The van der Waals surface area contributed by atoms with Gasteiger partial charge in [-0.3, -0.25) is 4.79 Å². The largest absolute Gasteiger partial charge is 0.338 e. The third-order valence-electron chi connectivity index (χ3n) is 4.07. The van der Waals surface area contributed by atoms with E-state index in [1.807, 2.05) is 0 Å². The number of nitrogens with zero attached hydrogens (tertiary/aromatic N) is 1. The fourth-order valence-electron chi connectivity index (χ4n) is 3.09. The molecule has 2 aliphatic heterocycles. The average Bonchev–Trinajstić information content (AvgIpc) is 2.80. The third-order valence-corrected chi connectivity index (χ3v) is 4.07. The Morgan fingerprint density at radius 3 is 2.67 bits per heavy atom. The van der Waals surface area contributed by atoms with Crippen molar-refractivity contribution >= 4 is 5.91 Å². The van der Waals surface area contributed by atoms with Crippen LogP contribution in [0.2, 0.25) is 0 Å². The van der Waals surface area contributed by atoms with Crippen LogP contribution < -0.4 is 5.32 Å². The molecule has 3 fully saturated rings. The van der Waals surface area contributed by atoms with E-state index in [0.717, 1.165) is 25.9 Å². The normalized spacial score (nSPS) is 36.1. The molecule has 3 rings (SSSR count). The van der Waals surface area contributed by atoms with Gasteiger partial charge in [0.1, 0.15) is 0 Å². The lowest BCUT2D eigenvalue weighted by atomic mass is 10.0. The summed E-state index contributed by atoms with van der Waals surface area (Å²) in [7, 11) is 0. The van der Waals surface area contributed by atoms with Crippen molar-refractivity contribution in [2.45, 2.75) is 50.6 Å². The van der Waals surface area contributed by atoms with Crippen molar-refractivity contribution in [1.29, 1.82) is 0 Å². The minimum Gasteiger partial charge on any atom is -0.338 e. The van der Waals surface area contributed by atoms with Gasteiger partial charge in [0.2, 0.25) is 5.91 Å². The number of hydrogen-bond acceptors (Lipinski definition) is 2. The van der Waals surface area contributed by atoms with E-state index in [1.54, 1.807) is 0 Å². The van der Waals surface area contributed by atoms with E-state index in [1.165, 1.54) is 25.7 Å². The van der Waals surface area contributed by atoms with Crippen molar-refractivity contribution in [2.75, 3.05) is 13.1 Å². The van der Waals surface area contributed by atoms with Gasteiger partial charge in [0.05, 0.1) is 0 Å². The van der Waals surface area contributed by atoms with Gasteiger partial charge in [-0.2, -0.15) is 0 Å². The number of carbonyl (C=O) groups excluding carboxylic acids is 1. The lowest BCUT2D eigenvalue weighted by Crippen LogP contribution is -2.47. The Labute approximate surface area is 91.2 Å². The monoisotopic (exact) mass is 208 g/mol. The molecule has 2 saturated heterocycles. The Morgan fingerprint density at radius 2 is 2.00 bits per heavy atom. The number of rotatable bonds is 2. The van der Waals surface area contributed by atoms with Crippen molar-refractivity contribution in [3.8, 4) is 0 Å². The fraction of sp³-hybridized carbons (Fsp3) is 0.917. The summed E-state index contributed by atoms with van der Waals surface area (Å²) in [5, 5.41) is 3.55. The number of likely N-dealkylation sites (tertiary alicyclic amines) is 1. The van der Waals surface area contributed by atoms with E-state index < -0.39 is 0 Å². The van der Waals surface area contributed by atoms with Crippen LogP contribution in [0.15, 0.2) is 0 Å². The summed E-state index contributed by atoms with van der Waals surface area (Å²) in [5.41, 5.74) is 0. The second kappa shape index (κ2) is 3.78. The van der Waals surface area contributed by atoms with Gasteiger partial charge in [0, 0.05) is 24.5 Å². The molecule has 1 aliphatic carbocycles. The summed E-state index contributed by atoms with van der Waals surface area (Å²) in [6.45, 7) is 2.16. The second-order valence-electron chi connectivity index (χ2n) is 5.22. The molecule has 0 aromatic rings. The highest BCUT2D eigenvalue weighted by atomic mass is 16.2. The zero-order chi connectivity index (χ0) is 10.3. The smallest absolute Gasteiger partial charge is 0.225 e. The topological polar surface area (TPSA) is 32.3 Å². The minimum absolute atomic E-state index is 0.395. The first-order chi connectivity index (χ1) is 7.36. The van der Waals surface area contributed by atoms with E-state index in [4.69, 9.17) is 0 Å². The van der Waals surface area contributed by atoms with E-state index in [-0.39, 0.29) is 0 Å². The molecular weight excluding hydrogens is 188 g/mol. The Kier molecular flexibility index (Phi) is 2.43. The Balaban J connectivity index is 1.67. The molecule has 0 aromatic carbocycles. The third kappa shape index (κ3) is 1.78. The van der Waals surface area contributed by atoms with Crippen LogP contribution in [0.1, 0.15) is 38.5 Å². The van der Waals surface area contributed by atoms with Crippen LogP contribution in [0.3, 0.4) is 0 Å². The van der Waals surface area contributed by atoms with Crippen LogP contribution in [0.4, 0.5) is 0 Å². The molecule has 0 spiro atoms. The van der Waals surface area contributed by atoms with E-state index in [0.29, 0.717) is 23.9 Å². The Bertz CT molecular complexity index is 256. The average molecular weight is 208 g/mol. The maximum absolute atomic E-state index is 12.1. The van der Waals surface area contributed by atoms with Gasteiger partial charge in [-0.25, -0.2) is 0 Å². The molecule has 2 heterocycles. The van der Waals surface area contributed by atoms with Crippen molar-refractivity contribution in [3.05, 3.63) is 0 Å². The van der Waals surface area contributed by atoms with E-state index in [9.17, 15) is 4.79 Å². The van der Waals surface area contributed by atoms with Crippen LogP contribution in [0, 0.1) is 5.92 Å². The molecule has 84 valence electrons. The summed E-state index contributed by atoms with van der Waals surface area (Å²) in [5.74, 6) is 0.846. The zero-order valence-corrected chi connectivity index (χ0v) is 9.24. The lowest BCUT2D eigenvalue weighted by Gasteiger charge is -2.29. The van der Waals surface area contributed by atoms with Crippen molar-refractivity contribution in [2.24, 2.45) is 5.92 Å². The standard InChI is InChI=1S/C12H20N2O/c15-12(9-5-6-9)14-8-2-4-11(14)10-3-1-7-13-10/h9-11,13H,1-8H2.